The Morgan fingerprint density at radius 2 is 1.76 bits per heavy atom. The van der Waals surface area contributed by atoms with Gasteiger partial charge in [-0.3, -0.25) is 14.5 Å². The molecular weight excluding hydrogens is 335 g/mol. The van der Waals surface area contributed by atoms with E-state index in [1.807, 2.05) is 11.8 Å². The third-order valence-electron chi connectivity index (χ3n) is 4.13. The molecule has 0 spiro atoms. The fourth-order valence-electron chi connectivity index (χ4n) is 2.84. The van der Waals surface area contributed by atoms with Gasteiger partial charge in [0, 0.05) is 32.7 Å². The number of halogens is 3. The van der Waals surface area contributed by atoms with E-state index in [1.165, 1.54) is 18.2 Å². The molecular formula is C17H22F3N3O2. The van der Waals surface area contributed by atoms with Crippen molar-refractivity contribution in [3.8, 4) is 0 Å². The number of benzene rings is 1. The van der Waals surface area contributed by atoms with Crippen LogP contribution in [0, 0.1) is 0 Å². The summed E-state index contributed by atoms with van der Waals surface area (Å²) >= 11 is 0. The summed E-state index contributed by atoms with van der Waals surface area (Å²) in [4.78, 5) is 27.4. The quantitative estimate of drug-likeness (QED) is 0.870. The SMILES string of the molecule is CCNC(=O)CN1CCN(C(=O)Cc2ccccc2C(F)(F)F)CC1. The molecule has 0 aromatic heterocycles. The van der Waals surface area contributed by atoms with Crippen molar-refractivity contribution in [1.82, 2.24) is 15.1 Å². The Bertz CT molecular complexity index is 611. The summed E-state index contributed by atoms with van der Waals surface area (Å²) < 4.78 is 39.0. The molecule has 2 rings (SSSR count). The number of likely N-dealkylation sites (N-methyl/N-ethyl adjacent to an activating group) is 1. The highest BCUT2D eigenvalue weighted by Crippen LogP contribution is 2.32. The standard InChI is InChI=1S/C17H22F3N3O2/c1-2-21-15(24)12-22-7-9-23(10-8-22)16(25)11-13-5-3-4-6-14(13)17(18,19)20/h3-6H,2,7-12H2,1H3,(H,21,24). The van der Waals surface area contributed by atoms with E-state index in [2.05, 4.69) is 5.32 Å². The molecule has 1 fully saturated rings. The van der Waals surface area contributed by atoms with Crippen LogP contribution in [0.5, 0.6) is 0 Å². The Hall–Kier alpha value is -2.09. The van der Waals surface area contributed by atoms with Gasteiger partial charge in [0.2, 0.25) is 11.8 Å². The largest absolute Gasteiger partial charge is 0.416 e. The molecule has 1 aromatic carbocycles. The zero-order valence-electron chi connectivity index (χ0n) is 14.1. The van der Waals surface area contributed by atoms with Gasteiger partial charge in [-0.1, -0.05) is 18.2 Å². The lowest BCUT2D eigenvalue weighted by atomic mass is 10.0. The maximum absolute atomic E-state index is 13.0. The highest BCUT2D eigenvalue weighted by atomic mass is 19.4. The maximum Gasteiger partial charge on any atom is 0.416 e. The van der Waals surface area contributed by atoms with Crippen LogP contribution >= 0.6 is 0 Å². The zero-order chi connectivity index (χ0) is 18.4. The zero-order valence-corrected chi connectivity index (χ0v) is 14.1. The monoisotopic (exact) mass is 357 g/mol. The van der Waals surface area contributed by atoms with Crippen LogP contribution < -0.4 is 5.32 Å². The Morgan fingerprint density at radius 3 is 2.36 bits per heavy atom. The molecule has 0 unspecified atom stereocenters. The fourth-order valence-corrected chi connectivity index (χ4v) is 2.84. The van der Waals surface area contributed by atoms with E-state index in [9.17, 15) is 22.8 Å². The lowest BCUT2D eigenvalue weighted by Crippen LogP contribution is -2.51. The van der Waals surface area contributed by atoms with E-state index < -0.39 is 11.7 Å². The van der Waals surface area contributed by atoms with E-state index in [4.69, 9.17) is 0 Å². The average Bonchev–Trinajstić information content (AvgIpc) is 2.55. The van der Waals surface area contributed by atoms with Crippen molar-refractivity contribution in [2.45, 2.75) is 19.5 Å². The number of alkyl halides is 3. The molecule has 1 N–H and O–H groups in total. The van der Waals surface area contributed by atoms with Crippen molar-refractivity contribution >= 4 is 11.8 Å². The van der Waals surface area contributed by atoms with Gasteiger partial charge in [0.25, 0.3) is 0 Å². The Morgan fingerprint density at radius 1 is 1.12 bits per heavy atom. The first kappa shape index (κ1) is 19.2. The molecule has 1 aliphatic rings. The van der Waals surface area contributed by atoms with Crippen LogP contribution in [-0.2, 0) is 22.2 Å². The third kappa shape index (κ3) is 5.45. The van der Waals surface area contributed by atoms with Crippen molar-refractivity contribution < 1.29 is 22.8 Å². The van der Waals surface area contributed by atoms with Gasteiger partial charge in [0.15, 0.2) is 0 Å². The number of hydrogen-bond acceptors (Lipinski definition) is 3. The summed E-state index contributed by atoms with van der Waals surface area (Å²) in [6.07, 6.45) is -4.74. The smallest absolute Gasteiger partial charge is 0.355 e. The van der Waals surface area contributed by atoms with Crippen molar-refractivity contribution in [3.05, 3.63) is 35.4 Å². The molecule has 1 aliphatic heterocycles. The lowest BCUT2D eigenvalue weighted by molar-refractivity contribution is -0.138. The molecule has 0 saturated carbocycles. The van der Waals surface area contributed by atoms with Crippen molar-refractivity contribution in [2.24, 2.45) is 0 Å². The summed E-state index contributed by atoms with van der Waals surface area (Å²) in [5.41, 5.74) is -0.775. The number of nitrogens with zero attached hydrogens (tertiary/aromatic N) is 2. The second-order valence-electron chi connectivity index (χ2n) is 5.94. The minimum Gasteiger partial charge on any atom is -0.355 e. The van der Waals surface area contributed by atoms with Gasteiger partial charge in [-0.15, -0.1) is 0 Å². The first-order valence-electron chi connectivity index (χ1n) is 8.23. The predicted molar refractivity (Wildman–Crippen MR) is 86.9 cm³/mol. The number of hydrogen-bond donors (Lipinski definition) is 1. The fraction of sp³-hybridized carbons (Fsp3) is 0.529. The van der Waals surface area contributed by atoms with E-state index in [-0.39, 0.29) is 30.3 Å². The summed E-state index contributed by atoms with van der Waals surface area (Å²) in [6.45, 7) is 4.56. The Labute approximate surface area is 144 Å². The van der Waals surface area contributed by atoms with Gasteiger partial charge in [-0.2, -0.15) is 13.2 Å². The van der Waals surface area contributed by atoms with E-state index in [1.54, 1.807) is 4.90 Å². The van der Waals surface area contributed by atoms with Crippen LogP contribution in [-0.4, -0.2) is 60.9 Å². The van der Waals surface area contributed by atoms with Gasteiger partial charge in [0.1, 0.15) is 0 Å². The van der Waals surface area contributed by atoms with Crippen LogP contribution in [0.1, 0.15) is 18.1 Å². The summed E-state index contributed by atoms with van der Waals surface area (Å²) in [7, 11) is 0. The molecule has 2 amide bonds. The molecule has 0 radical (unpaired) electrons. The first-order valence-corrected chi connectivity index (χ1v) is 8.23. The molecule has 138 valence electrons. The molecule has 1 aromatic rings. The van der Waals surface area contributed by atoms with E-state index in [0.29, 0.717) is 32.7 Å². The molecule has 1 saturated heterocycles. The van der Waals surface area contributed by atoms with Gasteiger partial charge in [0.05, 0.1) is 18.5 Å². The number of rotatable bonds is 5. The van der Waals surface area contributed by atoms with Crippen LogP contribution in [0.4, 0.5) is 13.2 Å². The number of carbonyl (C=O) groups excluding carboxylic acids is 2. The Balaban J connectivity index is 1.91. The molecule has 1 heterocycles. The number of amides is 2. The molecule has 0 bridgehead atoms. The van der Waals surface area contributed by atoms with Crippen LogP contribution in [0.3, 0.4) is 0 Å². The summed E-state index contributed by atoms with van der Waals surface area (Å²) in [5.74, 6) is -0.393. The highest BCUT2D eigenvalue weighted by molar-refractivity contribution is 5.80. The van der Waals surface area contributed by atoms with Crippen LogP contribution in [0.25, 0.3) is 0 Å². The van der Waals surface area contributed by atoms with Gasteiger partial charge in [-0.05, 0) is 18.6 Å². The van der Waals surface area contributed by atoms with E-state index >= 15 is 0 Å². The topological polar surface area (TPSA) is 52.7 Å². The lowest BCUT2D eigenvalue weighted by Gasteiger charge is -2.34. The number of carbonyl (C=O) groups is 2. The molecule has 0 aliphatic carbocycles. The summed E-state index contributed by atoms with van der Waals surface area (Å²) in [5, 5.41) is 2.71. The molecule has 0 atom stereocenters. The van der Waals surface area contributed by atoms with Crippen molar-refractivity contribution in [1.29, 1.82) is 0 Å². The average molecular weight is 357 g/mol. The van der Waals surface area contributed by atoms with Gasteiger partial charge >= 0.3 is 6.18 Å². The maximum atomic E-state index is 13.0. The Kier molecular flexibility index (Phi) is 6.41. The predicted octanol–water partition coefficient (Wildman–Crippen LogP) is 1.53. The molecule has 25 heavy (non-hydrogen) atoms. The molecule has 8 heteroatoms. The number of nitrogens with one attached hydrogen (secondary N) is 1. The second kappa shape index (κ2) is 8.33. The minimum absolute atomic E-state index is 0.00949. The van der Waals surface area contributed by atoms with Crippen LogP contribution in [0.15, 0.2) is 24.3 Å². The molecule has 5 nitrogen and oxygen atoms in total. The minimum atomic E-state index is -4.47. The van der Waals surface area contributed by atoms with Crippen molar-refractivity contribution in [2.75, 3.05) is 39.3 Å². The first-order chi connectivity index (χ1) is 11.8. The highest BCUT2D eigenvalue weighted by Gasteiger charge is 2.34. The third-order valence-corrected chi connectivity index (χ3v) is 4.13. The summed E-state index contributed by atoms with van der Waals surface area (Å²) in [6, 6.07) is 5.15. The van der Waals surface area contributed by atoms with Gasteiger partial charge < -0.3 is 10.2 Å². The van der Waals surface area contributed by atoms with E-state index in [0.717, 1.165) is 6.07 Å². The van der Waals surface area contributed by atoms with Crippen LogP contribution in [0.2, 0.25) is 0 Å². The van der Waals surface area contributed by atoms with Crippen molar-refractivity contribution in [3.63, 3.8) is 0 Å². The second-order valence-corrected chi connectivity index (χ2v) is 5.94. The normalized spacial score (nSPS) is 15.9. The number of piperazine rings is 1. The van der Waals surface area contributed by atoms with Gasteiger partial charge in [-0.25, -0.2) is 0 Å².